The number of nitrogen functional groups attached to an aromatic ring is 1. The minimum Gasteiger partial charge on any atom is -0.469 e. The Morgan fingerprint density at radius 1 is 1.71 bits per heavy atom. The molecule has 1 aromatic heterocycles. The van der Waals surface area contributed by atoms with Crippen LogP contribution in [0, 0.1) is 0 Å². The molecule has 5 heteroatoms. The summed E-state index contributed by atoms with van der Waals surface area (Å²) in [6.45, 7) is 0. The number of anilines is 1. The van der Waals surface area contributed by atoms with Crippen LogP contribution in [0.1, 0.15) is 12.1 Å². The number of hydrogen-bond acceptors (Lipinski definition) is 5. The Kier molecular flexibility index (Phi) is 3.60. The number of nitrogens with two attached hydrogens (primary N) is 1. The second-order valence-electron chi connectivity index (χ2n) is 2.52. The third kappa shape index (κ3) is 3.22. The van der Waals surface area contributed by atoms with E-state index in [2.05, 4.69) is 14.7 Å². The van der Waals surface area contributed by atoms with E-state index in [1.807, 2.05) is 0 Å². The fraction of sp³-hybridized carbons (Fsp3) is 0.222. The van der Waals surface area contributed by atoms with Gasteiger partial charge in [0.05, 0.1) is 19.2 Å². The van der Waals surface area contributed by atoms with Gasteiger partial charge in [-0.25, -0.2) is 9.97 Å². The maximum Gasteiger partial charge on any atom is 0.309 e. The topological polar surface area (TPSA) is 78.1 Å². The molecular weight excluding hydrogens is 182 g/mol. The highest BCUT2D eigenvalue weighted by Gasteiger charge is 1.95. The lowest BCUT2D eigenvalue weighted by molar-refractivity contribution is -0.139. The zero-order valence-electron chi connectivity index (χ0n) is 7.80. The molecule has 0 aliphatic rings. The molecule has 0 aliphatic heterocycles. The van der Waals surface area contributed by atoms with Gasteiger partial charge in [0.25, 0.3) is 0 Å². The van der Waals surface area contributed by atoms with Crippen LogP contribution in [0.4, 0.5) is 5.95 Å². The number of hydrogen-bond donors (Lipinski definition) is 1. The summed E-state index contributed by atoms with van der Waals surface area (Å²) in [5, 5.41) is 0. The molecule has 74 valence electrons. The summed E-state index contributed by atoms with van der Waals surface area (Å²) in [5.74, 6) is -0.0755. The van der Waals surface area contributed by atoms with E-state index < -0.39 is 0 Å². The standard InChI is InChI=1S/C9H11N3O2/c1-14-8(13)4-2-3-7-5-6-11-9(10)12-7/h2-3,5-6H,4H2,1H3,(H2,10,11,12). The van der Waals surface area contributed by atoms with E-state index in [0.29, 0.717) is 5.69 Å². The van der Waals surface area contributed by atoms with Crippen LogP contribution in [0.5, 0.6) is 0 Å². The number of rotatable bonds is 3. The van der Waals surface area contributed by atoms with E-state index in [0.717, 1.165) is 0 Å². The molecule has 0 radical (unpaired) electrons. The summed E-state index contributed by atoms with van der Waals surface area (Å²) >= 11 is 0. The van der Waals surface area contributed by atoms with Crippen molar-refractivity contribution in [1.29, 1.82) is 0 Å². The molecule has 0 saturated carbocycles. The van der Waals surface area contributed by atoms with Gasteiger partial charge in [0, 0.05) is 6.20 Å². The molecule has 2 N–H and O–H groups in total. The van der Waals surface area contributed by atoms with Crippen molar-refractivity contribution in [3.8, 4) is 0 Å². The first-order valence-electron chi connectivity index (χ1n) is 4.04. The van der Waals surface area contributed by atoms with E-state index in [-0.39, 0.29) is 18.3 Å². The molecule has 5 nitrogen and oxygen atoms in total. The first-order valence-corrected chi connectivity index (χ1v) is 4.04. The minimum atomic E-state index is -0.289. The van der Waals surface area contributed by atoms with Crippen LogP contribution < -0.4 is 5.73 Å². The number of esters is 1. The third-order valence-electron chi connectivity index (χ3n) is 1.50. The predicted octanol–water partition coefficient (Wildman–Crippen LogP) is 0.635. The fourth-order valence-electron chi connectivity index (χ4n) is 0.840. The Balaban J connectivity index is 2.56. The molecule has 0 saturated heterocycles. The van der Waals surface area contributed by atoms with E-state index >= 15 is 0 Å². The van der Waals surface area contributed by atoms with Crippen LogP contribution in [0.15, 0.2) is 18.3 Å². The van der Waals surface area contributed by atoms with Crippen molar-refractivity contribution in [2.75, 3.05) is 12.8 Å². The summed E-state index contributed by atoms with van der Waals surface area (Å²) in [7, 11) is 1.35. The molecule has 1 aromatic rings. The number of nitrogens with zero attached hydrogens (tertiary/aromatic N) is 2. The van der Waals surface area contributed by atoms with Gasteiger partial charge in [-0.15, -0.1) is 0 Å². The lowest BCUT2D eigenvalue weighted by Crippen LogP contribution is -1.97. The molecule has 0 unspecified atom stereocenters. The molecular formula is C9H11N3O2. The molecule has 0 spiro atoms. The number of aromatic nitrogens is 2. The van der Waals surface area contributed by atoms with Crippen molar-refractivity contribution in [2.24, 2.45) is 0 Å². The molecule has 0 aromatic carbocycles. The minimum absolute atomic E-state index is 0.213. The molecule has 1 rings (SSSR count). The van der Waals surface area contributed by atoms with Gasteiger partial charge in [0.1, 0.15) is 0 Å². The van der Waals surface area contributed by atoms with Gasteiger partial charge in [-0.1, -0.05) is 6.08 Å². The van der Waals surface area contributed by atoms with Crippen LogP contribution in [0.25, 0.3) is 6.08 Å². The Labute approximate surface area is 81.6 Å². The first kappa shape index (κ1) is 10.2. The molecule has 14 heavy (non-hydrogen) atoms. The summed E-state index contributed by atoms with van der Waals surface area (Å²) in [5.41, 5.74) is 6.04. The fourth-order valence-corrected chi connectivity index (χ4v) is 0.840. The van der Waals surface area contributed by atoms with Gasteiger partial charge < -0.3 is 10.5 Å². The highest BCUT2D eigenvalue weighted by molar-refractivity contribution is 5.72. The highest BCUT2D eigenvalue weighted by atomic mass is 16.5. The van der Waals surface area contributed by atoms with Crippen molar-refractivity contribution in [3.63, 3.8) is 0 Å². The number of ether oxygens (including phenoxy) is 1. The molecule has 0 fully saturated rings. The van der Waals surface area contributed by atoms with Crippen molar-refractivity contribution in [1.82, 2.24) is 9.97 Å². The smallest absolute Gasteiger partial charge is 0.309 e. The number of methoxy groups -OCH3 is 1. The molecule has 0 amide bonds. The third-order valence-corrected chi connectivity index (χ3v) is 1.50. The lowest BCUT2D eigenvalue weighted by atomic mass is 10.3. The zero-order valence-corrected chi connectivity index (χ0v) is 7.80. The van der Waals surface area contributed by atoms with Crippen molar-refractivity contribution >= 4 is 18.0 Å². The second-order valence-corrected chi connectivity index (χ2v) is 2.52. The zero-order chi connectivity index (χ0) is 10.4. The molecule has 1 heterocycles. The van der Waals surface area contributed by atoms with Gasteiger partial charge in [0.2, 0.25) is 5.95 Å². The number of carbonyl (C=O) groups excluding carboxylic acids is 1. The summed E-state index contributed by atoms with van der Waals surface area (Å²) in [4.78, 5) is 18.4. The Hall–Kier alpha value is -1.91. The second kappa shape index (κ2) is 4.96. The Morgan fingerprint density at radius 2 is 2.50 bits per heavy atom. The monoisotopic (exact) mass is 193 g/mol. The lowest BCUT2D eigenvalue weighted by Gasteiger charge is -1.94. The van der Waals surface area contributed by atoms with E-state index in [1.165, 1.54) is 7.11 Å². The average Bonchev–Trinajstić information content (AvgIpc) is 2.17. The van der Waals surface area contributed by atoms with Crippen molar-refractivity contribution in [3.05, 3.63) is 24.0 Å². The number of carbonyl (C=O) groups is 1. The van der Waals surface area contributed by atoms with Crippen LogP contribution in [0.3, 0.4) is 0 Å². The quantitative estimate of drug-likeness (QED) is 0.712. The van der Waals surface area contributed by atoms with Gasteiger partial charge in [-0.2, -0.15) is 0 Å². The van der Waals surface area contributed by atoms with Gasteiger partial charge >= 0.3 is 5.97 Å². The SMILES string of the molecule is COC(=O)CC=Cc1ccnc(N)n1. The molecule has 0 aliphatic carbocycles. The Morgan fingerprint density at radius 3 is 3.14 bits per heavy atom. The maximum atomic E-state index is 10.7. The average molecular weight is 193 g/mol. The summed E-state index contributed by atoms with van der Waals surface area (Å²) in [6.07, 6.45) is 5.13. The van der Waals surface area contributed by atoms with Crippen LogP contribution in [-0.4, -0.2) is 23.0 Å². The van der Waals surface area contributed by atoms with E-state index in [4.69, 9.17) is 5.73 Å². The van der Waals surface area contributed by atoms with Crippen molar-refractivity contribution < 1.29 is 9.53 Å². The molecule has 0 bridgehead atoms. The van der Waals surface area contributed by atoms with Crippen molar-refractivity contribution in [2.45, 2.75) is 6.42 Å². The van der Waals surface area contributed by atoms with E-state index in [9.17, 15) is 4.79 Å². The maximum absolute atomic E-state index is 10.7. The van der Waals surface area contributed by atoms with Gasteiger partial charge in [-0.05, 0) is 12.1 Å². The summed E-state index contributed by atoms with van der Waals surface area (Å²) < 4.78 is 4.46. The molecule has 0 atom stereocenters. The largest absolute Gasteiger partial charge is 0.469 e. The highest BCUT2D eigenvalue weighted by Crippen LogP contribution is 2.00. The summed E-state index contributed by atoms with van der Waals surface area (Å²) in [6, 6.07) is 1.70. The van der Waals surface area contributed by atoms with Crippen LogP contribution in [-0.2, 0) is 9.53 Å². The normalized spacial score (nSPS) is 10.4. The van der Waals surface area contributed by atoms with Gasteiger partial charge in [-0.3, -0.25) is 4.79 Å². The van der Waals surface area contributed by atoms with Crippen LogP contribution in [0.2, 0.25) is 0 Å². The van der Waals surface area contributed by atoms with E-state index in [1.54, 1.807) is 24.4 Å². The van der Waals surface area contributed by atoms with Crippen LogP contribution >= 0.6 is 0 Å². The Bertz CT molecular complexity index is 350. The predicted molar refractivity (Wildman–Crippen MR) is 52.1 cm³/mol. The first-order chi connectivity index (χ1) is 6.72. The van der Waals surface area contributed by atoms with Gasteiger partial charge in [0.15, 0.2) is 0 Å².